The van der Waals surface area contributed by atoms with E-state index in [2.05, 4.69) is 98.6 Å². The molecule has 3 aliphatic rings. The fourth-order valence-corrected chi connectivity index (χ4v) is 6.79. The zero-order valence-corrected chi connectivity index (χ0v) is 22.0. The van der Waals surface area contributed by atoms with Gasteiger partial charge in [-0.2, -0.15) is 0 Å². The lowest BCUT2D eigenvalue weighted by atomic mass is 9.59. The first-order chi connectivity index (χ1) is 16.8. The van der Waals surface area contributed by atoms with Crippen molar-refractivity contribution in [3.63, 3.8) is 0 Å². The Balaban J connectivity index is 0.000000156. The maximum Gasteiger partial charge on any atom is 0.115 e. The molecular formula is C31H36N2OS. The van der Waals surface area contributed by atoms with Crippen LogP contribution in [-0.2, 0) is 11.8 Å². The number of benzene rings is 3. The zero-order valence-electron chi connectivity index (χ0n) is 21.2. The molecule has 0 amide bonds. The molecule has 1 aliphatic carbocycles. The maximum absolute atomic E-state index is 9.87. The summed E-state index contributed by atoms with van der Waals surface area (Å²) in [5, 5.41) is 13.3. The van der Waals surface area contributed by atoms with Gasteiger partial charge in [-0.1, -0.05) is 67.6 Å². The molecule has 4 heteroatoms. The van der Waals surface area contributed by atoms with Crippen molar-refractivity contribution in [2.75, 3.05) is 18.4 Å². The Morgan fingerprint density at radius 1 is 1.06 bits per heavy atom. The molecule has 3 unspecified atom stereocenters. The first-order valence-electron chi connectivity index (χ1n) is 12.7. The molecule has 6 rings (SSSR count). The lowest BCUT2D eigenvalue weighted by Gasteiger charge is -2.54. The number of phenols is 1. The summed E-state index contributed by atoms with van der Waals surface area (Å²) in [6, 6.07) is 23.4. The second kappa shape index (κ2) is 9.75. The van der Waals surface area contributed by atoms with Gasteiger partial charge < -0.3 is 10.4 Å². The summed E-state index contributed by atoms with van der Waals surface area (Å²) in [6.45, 7) is 11.4. The first-order valence-corrected chi connectivity index (χ1v) is 13.5. The Hall–Kier alpha value is -2.69. The van der Waals surface area contributed by atoms with E-state index in [1.54, 1.807) is 0 Å². The predicted molar refractivity (Wildman–Crippen MR) is 148 cm³/mol. The molecule has 0 spiro atoms. The quantitative estimate of drug-likeness (QED) is 0.285. The van der Waals surface area contributed by atoms with Crippen LogP contribution in [-0.4, -0.2) is 29.1 Å². The van der Waals surface area contributed by atoms with E-state index < -0.39 is 0 Å². The van der Waals surface area contributed by atoms with Crippen molar-refractivity contribution in [1.29, 1.82) is 0 Å². The van der Waals surface area contributed by atoms with Gasteiger partial charge in [0, 0.05) is 22.4 Å². The smallest absolute Gasteiger partial charge is 0.115 e. The van der Waals surface area contributed by atoms with Gasteiger partial charge in [0.05, 0.1) is 11.4 Å². The summed E-state index contributed by atoms with van der Waals surface area (Å²) in [5.41, 5.74) is 6.83. The van der Waals surface area contributed by atoms with E-state index >= 15 is 0 Å². The van der Waals surface area contributed by atoms with Gasteiger partial charge in [0.1, 0.15) is 5.75 Å². The number of rotatable bonds is 2. The number of aromatic hydroxyl groups is 1. The van der Waals surface area contributed by atoms with Gasteiger partial charge in [-0.3, -0.25) is 4.90 Å². The lowest BCUT2D eigenvalue weighted by Crippen LogP contribution is -2.57. The fraction of sp³-hybridized carbons (Fsp3) is 0.355. The molecule has 0 saturated carbocycles. The van der Waals surface area contributed by atoms with Gasteiger partial charge in [0.25, 0.3) is 0 Å². The first kappa shape index (κ1) is 24.0. The topological polar surface area (TPSA) is 35.5 Å². The molecule has 2 N–H and O–H groups in total. The normalized spacial score (nSPS) is 24.0. The minimum absolute atomic E-state index is 0.207. The number of anilines is 2. The molecule has 3 atom stereocenters. The van der Waals surface area contributed by atoms with Crippen LogP contribution < -0.4 is 5.32 Å². The van der Waals surface area contributed by atoms with E-state index in [9.17, 15) is 5.11 Å². The number of piperidine rings is 1. The van der Waals surface area contributed by atoms with Crippen molar-refractivity contribution in [3.8, 4) is 5.75 Å². The average Bonchev–Trinajstić information content (AvgIpc) is 2.85. The number of likely N-dealkylation sites (tertiary alicyclic amines) is 1. The van der Waals surface area contributed by atoms with E-state index in [1.165, 1.54) is 44.3 Å². The summed E-state index contributed by atoms with van der Waals surface area (Å²) in [5.74, 6) is 1.04. The van der Waals surface area contributed by atoms with Gasteiger partial charge in [-0.05, 0) is 92.1 Å². The van der Waals surface area contributed by atoms with Gasteiger partial charge in [-0.15, -0.1) is 0 Å². The largest absolute Gasteiger partial charge is 0.508 e. The SMILES string of the molecule is CC(C)=CCN1CCC2(C)c3cc(O)ccc3CC1C2C.c1ccc2c(c1)Nc1ccccc1S2. The average molecular weight is 485 g/mol. The molecule has 182 valence electrons. The van der Waals surface area contributed by atoms with Crippen LogP contribution in [0.3, 0.4) is 0 Å². The molecule has 3 nitrogen and oxygen atoms in total. The van der Waals surface area contributed by atoms with Gasteiger partial charge in [0.15, 0.2) is 0 Å². The van der Waals surface area contributed by atoms with Crippen LogP contribution in [0.2, 0.25) is 0 Å². The number of phenolic OH excluding ortho intramolecular Hbond substituents is 1. The molecule has 1 saturated heterocycles. The molecule has 2 heterocycles. The van der Waals surface area contributed by atoms with E-state index in [1.807, 2.05) is 23.9 Å². The molecule has 1 fully saturated rings. The van der Waals surface area contributed by atoms with Gasteiger partial charge >= 0.3 is 0 Å². The van der Waals surface area contributed by atoms with Crippen molar-refractivity contribution >= 4 is 23.1 Å². The highest BCUT2D eigenvalue weighted by Crippen LogP contribution is 2.49. The second-order valence-corrected chi connectivity index (χ2v) is 11.6. The van der Waals surface area contributed by atoms with Crippen molar-refractivity contribution in [1.82, 2.24) is 4.90 Å². The monoisotopic (exact) mass is 484 g/mol. The third-order valence-corrected chi connectivity index (χ3v) is 9.26. The number of fused-ring (bicyclic) bond motifs is 6. The highest BCUT2D eigenvalue weighted by molar-refractivity contribution is 7.99. The number of nitrogens with one attached hydrogen (secondary N) is 1. The third-order valence-electron chi connectivity index (χ3n) is 8.10. The Morgan fingerprint density at radius 2 is 1.71 bits per heavy atom. The standard InChI is InChI=1S/C19H27NO.C12H9NS/c1-13(2)7-9-20-10-8-19(4)14(3)18(20)11-15-5-6-16(21)12-17(15)19;1-3-7-11-9(5-1)13-10-6-2-4-8-12(10)14-11/h5-7,12,14,18,21H,8-11H2,1-4H3;1-8,13H. The summed E-state index contributed by atoms with van der Waals surface area (Å²) in [6.07, 6.45) is 4.64. The molecule has 3 aromatic carbocycles. The number of hydrogen-bond donors (Lipinski definition) is 2. The number of allylic oxidation sites excluding steroid dienone is 1. The molecule has 3 aromatic rings. The van der Waals surface area contributed by atoms with Crippen LogP contribution in [0.1, 0.15) is 45.2 Å². The maximum atomic E-state index is 9.87. The van der Waals surface area contributed by atoms with Crippen molar-refractivity contribution < 1.29 is 5.11 Å². The van der Waals surface area contributed by atoms with Crippen LogP contribution in [0.5, 0.6) is 5.75 Å². The van der Waals surface area contributed by atoms with Crippen molar-refractivity contribution in [2.24, 2.45) is 5.92 Å². The van der Waals surface area contributed by atoms with Gasteiger partial charge in [-0.25, -0.2) is 0 Å². The van der Waals surface area contributed by atoms with E-state index in [4.69, 9.17) is 0 Å². The fourth-order valence-electron chi connectivity index (χ4n) is 5.80. The Bertz CT molecular complexity index is 1160. The Morgan fingerprint density at radius 3 is 2.37 bits per heavy atom. The highest BCUT2D eigenvalue weighted by Gasteiger charge is 2.48. The van der Waals surface area contributed by atoms with Crippen LogP contribution in [0.25, 0.3) is 0 Å². The summed E-state index contributed by atoms with van der Waals surface area (Å²) < 4.78 is 0. The second-order valence-electron chi connectivity index (χ2n) is 10.6. The summed E-state index contributed by atoms with van der Waals surface area (Å²) >= 11 is 1.82. The number of para-hydroxylation sites is 2. The Labute approximate surface area is 214 Å². The van der Waals surface area contributed by atoms with Crippen molar-refractivity contribution in [2.45, 2.75) is 61.8 Å². The van der Waals surface area contributed by atoms with E-state index in [0.717, 1.165) is 19.5 Å². The van der Waals surface area contributed by atoms with E-state index in [0.29, 0.717) is 17.7 Å². The minimum atomic E-state index is 0.207. The van der Waals surface area contributed by atoms with Crippen LogP contribution in [0, 0.1) is 5.92 Å². The molecule has 0 aromatic heterocycles. The number of nitrogens with zero attached hydrogens (tertiary/aromatic N) is 1. The lowest BCUT2D eigenvalue weighted by molar-refractivity contribution is 0.0397. The molecular weight excluding hydrogens is 448 g/mol. The van der Waals surface area contributed by atoms with E-state index in [-0.39, 0.29) is 5.41 Å². The van der Waals surface area contributed by atoms with Crippen molar-refractivity contribution in [3.05, 3.63) is 89.5 Å². The molecule has 0 radical (unpaired) electrons. The number of hydrogen-bond acceptors (Lipinski definition) is 4. The highest BCUT2D eigenvalue weighted by atomic mass is 32.2. The van der Waals surface area contributed by atoms with Crippen LogP contribution in [0.4, 0.5) is 11.4 Å². The van der Waals surface area contributed by atoms with Gasteiger partial charge in [0.2, 0.25) is 0 Å². The summed E-state index contributed by atoms with van der Waals surface area (Å²) in [4.78, 5) is 5.24. The molecule has 2 aliphatic heterocycles. The third kappa shape index (κ3) is 4.74. The Kier molecular flexibility index (Phi) is 6.69. The molecule has 2 bridgehead atoms. The minimum Gasteiger partial charge on any atom is -0.508 e. The summed E-state index contributed by atoms with van der Waals surface area (Å²) in [7, 11) is 0. The van der Waals surface area contributed by atoms with Crippen LogP contribution in [0.15, 0.2) is 88.2 Å². The molecule has 35 heavy (non-hydrogen) atoms. The zero-order chi connectivity index (χ0) is 24.6. The van der Waals surface area contributed by atoms with Crippen LogP contribution >= 0.6 is 11.8 Å². The predicted octanol–water partition coefficient (Wildman–Crippen LogP) is 7.78.